The molecule has 0 bridgehead atoms. The topological polar surface area (TPSA) is 58.2 Å². The van der Waals surface area contributed by atoms with Crippen LogP contribution in [0.5, 0.6) is 0 Å². The number of nitrogens with one attached hydrogen (secondary N) is 2. The third kappa shape index (κ3) is 4.28. The van der Waals surface area contributed by atoms with E-state index in [4.69, 9.17) is 0 Å². The smallest absolute Gasteiger partial charge is 0.241 e. The van der Waals surface area contributed by atoms with Gasteiger partial charge in [-0.25, -0.2) is 13.1 Å². The van der Waals surface area contributed by atoms with Crippen molar-refractivity contribution in [3.63, 3.8) is 0 Å². The predicted molar refractivity (Wildman–Crippen MR) is 88.2 cm³/mol. The summed E-state index contributed by atoms with van der Waals surface area (Å²) in [5, 5.41) is 3.06. The second kappa shape index (κ2) is 7.22. The fourth-order valence-corrected chi connectivity index (χ4v) is 6.05. The minimum Gasteiger partial charge on any atom is -0.315 e. The highest BCUT2D eigenvalue weighted by molar-refractivity contribution is 7.89. The Morgan fingerprint density at radius 2 is 2.00 bits per heavy atom. The average molecular weight is 331 g/mol. The Morgan fingerprint density at radius 3 is 2.62 bits per heavy atom. The van der Waals surface area contributed by atoms with E-state index in [1.807, 2.05) is 20.9 Å². The SMILES string of the molecule is CNCc1cc(S(=O)(=O)NC(C)C2CCCCC2)c(C)s1. The van der Waals surface area contributed by atoms with Gasteiger partial charge in [0, 0.05) is 22.3 Å². The summed E-state index contributed by atoms with van der Waals surface area (Å²) in [5.74, 6) is 0.476. The molecule has 1 aliphatic carbocycles. The number of aryl methyl sites for hydroxylation is 1. The lowest BCUT2D eigenvalue weighted by Crippen LogP contribution is -2.38. The van der Waals surface area contributed by atoms with Crippen molar-refractivity contribution in [1.82, 2.24) is 10.0 Å². The zero-order valence-corrected chi connectivity index (χ0v) is 14.7. The zero-order chi connectivity index (χ0) is 15.5. The van der Waals surface area contributed by atoms with Crippen molar-refractivity contribution in [3.05, 3.63) is 15.8 Å². The Bertz CT molecular complexity index is 560. The van der Waals surface area contributed by atoms with Gasteiger partial charge in [0.15, 0.2) is 0 Å². The van der Waals surface area contributed by atoms with E-state index in [0.29, 0.717) is 17.4 Å². The number of rotatable bonds is 6. The number of hydrogen-bond acceptors (Lipinski definition) is 4. The molecule has 6 heteroatoms. The summed E-state index contributed by atoms with van der Waals surface area (Å²) < 4.78 is 28.1. The predicted octanol–water partition coefficient (Wildman–Crippen LogP) is 3.02. The zero-order valence-electron chi connectivity index (χ0n) is 13.1. The molecule has 0 aromatic carbocycles. The molecule has 1 aromatic heterocycles. The van der Waals surface area contributed by atoms with Crippen molar-refractivity contribution in [2.75, 3.05) is 7.05 Å². The highest BCUT2D eigenvalue weighted by Crippen LogP contribution is 2.29. The largest absolute Gasteiger partial charge is 0.315 e. The van der Waals surface area contributed by atoms with Crippen molar-refractivity contribution < 1.29 is 8.42 Å². The molecular weight excluding hydrogens is 304 g/mol. The van der Waals surface area contributed by atoms with Crippen LogP contribution in [0.15, 0.2) is 11.0 Å². The molecule has 1 atom stereocenters. The Morgan fingerprint density at radius 1 is 1.33 bits per heavy atom. The summed E-state index contributed by atoms with van der Waals surface area (Å²) in [6.45, 7) is 4.59. The molecule has 1 aliphatic rings. The second-order valence-corrected chi connectivity index (χ2v) is 8.99. The molecule has 2 N–H and O–H groups in total. The van der Waals surface area contributed by atoms with Gasteiger partial charge in [-0.15, -0.1) is 11.3 Å². The molecular formula is C15H26N2O2S2. The van der Waals surface area contributed by atoms with Crippen LogP contribution in [-0.4, -0.2) is 21.5 Å². The van der Waals surface area contributed by atoms with Crippen molar-refractivity contribution in [2.45, 2.75) is 63.4 Å². The third-order valence-electron chi connectivity index (χ3n) is 4.26. The average Bonchev–Trinajstić information content (AvgIpc) is 2.81. The van der Waals surface area contributed by atoms with Gasteiger partial charge in [-0.2, -0.15) is 0 Å². The lowest BCUT2D eigenvalue weighted by atomic mass is 9.85. The maximum atomic E-state index is 12.6. The van der Waals surface area contributed by atoms with Crippen LogP contribution < -0.4 is 10.0 Å². The van der Waals surface area contributed by atoms with Crippen molar-refractivity contribution in [3.8, 4) is 0 Å². The van der Waals surface area contributed by atoms with Crippen LogP contribution in [0.4, 0.5) is 0 Å². The van der Waals surface area contributed by atoms with E-state index in [1.54, 1.807) is 17.4 Å². The Labute approximate surface area is 132 Å². The number of thiophene rings is 1. The van der Waals surface area contributed by atoms with Crippen molar-refractivity contribution >= 4 is 21.4 Å². The van der Waals surface area contributed by atoms with Gasteiger partial charge in [0.2, 0.25) is 10.0 Å². The molecule has 1 unspecified atom stereocenters. The van der Waals surface area contributed by atoms with Gasteiger partial charge >= 0.3 is 0 Å². The van der Waals surface area contributed by atoms with E-state index >= 15 is 0 Å². The Kier molecular flexibility index (Phi) is 5.82. The normalized spacial score (nSPS) is 18.8. The number of sulfonamides is 1. The number of hydrogen-bond donors (Lipinski definition) is 2. The maximum Gasteiger partial charge on any atom is 0.241 e. The molecule has 0 radical (unpaired) electrons. The van der Waals surface area contributed by atoms with Gasteiger partial charge in [0.05, 0.1) is 4.90 Å². The van der Waals surface area contributed by atoms with Gasteiger partial charge in [-0.3, -0.25) is 0 Å². The highest BCUT2D eigenvalue weighted by atomic mass is 32.2. The van der Waals surface area contributed by atoms with Crippen LogP contribution in [0.25, 0.3) is 0 Å². The van der Waals surface area contributed by atoms with Gasteiger partial charge in [0.1, 0.15) is 0 Å². The van der Waals surface area contributed by atoms with Gasteiger partial charge in [-0.1, -0.05) is 19.3 Å². The molecule has 1 aromatic rings. The van der Waals surface area contributed by atoms with Crippen molar-refractivity contribution in [2.24, 2.45) is 5.92 Å². The maximum absolute atomic E-state index is 12.6. The molecule has 1 saturated carbocycles. The van der Waals surface area contributed by atoms with E-state index in [1.165, 1.54) is 19.3 Å². The summed E-state index contributed by atoms with van der Waals surface area (Å²) in [4.78, 5) is 2.37. The summed E-state index contributed by atoms with van der Waals surface area (Å²) in [6.07, 6.45) is 6.00. The summed E-state index contributed by atoms with van der Waals surface area (Å²) in [5.41, 5.74) is 0. The Hall–Kier alpha value is -0.430. The fourth-order valence-electron chi connectivity index (χ4n) is 3.09. The molecule has 21 heavy (non-hydrogen) atoms. The third-order valence-corrected chi connectivity index (χ3v) is 7.13. The first-order valence-electron chi connectivity index (χ1n) is 7.70. The highest BCUT2D eigenvalue weighted by Gasteiger charge is 2.27. The quantitative estimate of drug-likeness (QED) is 0.843. The van der Waals surface area contributed by atoms with E-state index in [9.17, 15) is 8.42 Å². The van der Waals surface area contributed by atoms with E-state index in [0.717, 1.165) is 22.6 Å². The summed E-state index contributed by atoms with van der Waals surface area (Å²) in [7, 11) is -1.54. The molecule has 1 fully saturated rings. The Balaban J connectivity index is 2.10. The van der Waals surface area contributed by atoms with Crippen LogP contribution in [-0.2, 0) is 16.6 Å². The second-order valence-electron chi connectivity index (χ2n) is 5.97. The molecule has 0 amide bonds. The van der Waals surface area contributed by atoms with Crippen molar-refractivity contribution in [1.29, 1.82) is 0 Å². The standard InChI is InChI=1S/C15H26N2O2S2/c1-11(13-7-5-4-6-8-13)17-21(18,19)15-9-14(10-16-3)20-12(15)2/h9,11,13,16-17H,4-8,10H2,1-3H3. The lowest BCUT2D eigenvalue weighted by Gasteiger charge is -2.28. The van der Waals surface area contributed by atoms with E-state index < -0.39 is 10.0 Å². The molecule has 4 nitrogen and oxygen atoms in total. The van der Waals surface area contributed by atoms with Gasteiger partial charge < -0.3 is 5.32 Å². The van der Waals surface area contributed by atoms with Gasteiger partial charge in [0.25, 0.3) is 0 Å². The van der Waals surface area contributed by atoms with Crippen LogP contribution in [0.2, 0.25) is 0 Å². The molecule has 120 valence electrons. The first-order valence-corrected chi connectivity index (χ1v) is 10.00. The molecule has 0 saturated heterocycles. The van der Waals surface area contributed by atoms with E-state index in [2.05, 4.69) is 10.0 Å². The molecule has 2 rings (SSSR count). The monoisotopic (exact) mass is 330 g/mol. The van der Waals surface area contributed by atoms with Gasteiger partial charge in [-0.05, 0) is 45.7 Å². The molecule has 0 aliphatic heterocycles. The first kappa shape index (κ1) is 16.9. The van der Waals surface area contributed by atoms with Crippen LogP contribution >= 0.6 is 11.3 Å². The molecule has 0 spiro atoms. The lowest BCUT2D eigenvalue weighted by molar-refractivity contribution is 0.303. The molecule has 1 heterocycles. The van der Waals surface area contributed by atoms with E-state index in [-0.39, 0.29) is 6.04 Å². The minimum absolute atomic E-state index is 0.0161. The summed E-state index contributed by atoms with van der Waals surface area (Å²) >= 11 is 1.55. The fraction of sp³-hybridized carbons (Fsp3) is 0.733. The first-order chi connectivity index (χ1) is 9.94. The minimum atomic E-state index is -3.40. The van der Waals surface area contributed by atoms with Crippen LogP contribution in [0, 0.1) is 12.8 Å². The summed E-state index contributed by atoms with van der Waals surface area (Å²) in [6, 6.07) is 1.81. The van der Waals surface area contributed by atoms with Crippen LogP contribution in [0.3, 0.4) is 0 Å². The van der Waals surface area contributed by atoms with Crippen LogP contribution in [0.1, 0.15) is 48.8 Å².